The Bertz CT molecular complexity index is 386. The van der Waals surface area contributed by atoms with Crippen molar-refractivity contribution in [2.24, 2.45) is 7.05 Å². The number of nitrogens with one attached hydrogen (secondary N) is 1. The summed E-state index contributed by atoms with van der Waals surface area (Å²) in [6.07, 6.45) is -4.22. The summed E-state index contributed by atoms with van der Waals surface area (Å²) in [4.78, 5) is 11.0. The van der Waals surface area contributed by atoms with E-state index in [-0.39, 0.29) is 0 Å². The van der Waals surface area contributed by atoms with E-state index in [1.165, 1.54) is 10.9 Å². The van der Waals surface area contributed by atoms with Gasteiger partial charge in [-0.3, -0.25) is 10.00 Å². The molecule has 0 aliphatic carbocycles. The van der Waals surface area contributed by atoms with Crippen molar-refractivity contribution in [2.45, 2.75) is 13.1 Å². The molecule has 90 valence electrons. The Labute approximate surface area is 89.2 Å². The van der Waals surface area contributed by atoms with Gasteiger partial charge in [-0.05, 0) is 6.92 Å². The molecule has 1 rings (SSSR count). The molecule has 16 heavy (non-hydrogen) atoms. The highest BCUT2D eigenvalue weighted by Crippen LogP contribution is 2.16. The SMILES string of the molecule is Cc1nn(C)cc1NC(=O)OCC(F)(F)F. The normalized spacial score (nSPS) is 11.3. The number of anilines is 1. The smallest absolute Gasteiger partial charge is 0.422 e. The second-order valence-corrected chi connectivity index (χ2v) is 3.12. The molecule has 8 heteroatoms. The van der Waals surface area contributed by atoms with Gasteiger partial charge in [-0.15, -0.1) is 0 Å². The summed E-state index contributed by atoms with van der Waals surface area (Å²) in [5.41, 5.74) is 0.807. The van der Waals surface area contributed by atoms with E-state index in [0.29, 0.717) is 11.4 Å². The van der Waals surface area contributed by atoms with Crippen LogP contribution in [0.15, 0.2) is 6.20 Å². The zero-order valence-electron chi connectivity index (χ0n) is 8.63. The number of ether oxygens (including phenoxy) is 1. The molecule has 0 bridgehead atoms. The van der Waals surface area contributed by atoms with Crippen molar-refractivity contribution in [1.29, 1.82) is 0 Å². The lowest BCUT2D eigenvalue weighted by molar-refractivity contribution is -0.159. The molecule has 5 nitrogen and oxygen atoms in total. The first-order valence-corrected chi connectivity index (χ1v) is 4.29. The number of carbonyl (C=O) groups is 1. The minimum atomic E-state index is -4.53. The number of rotatable bonds is 2. The molecule has 0 fully saturated rings. The zero-order chi connectivity index (χ0) is 12.3. The lowest BCUT2D eigenvalue weighted by Gasteiger charge is -2.08. The molecule has 0 atom stereocenters. The van der Waals surface area contributed by atoms with Gasteiger partial charge < -0.3 is 4.74 Å². The molecular formula is C8H10F3N3O2. The average Bonchev–Trinajstić information content (AvgIpc) is 2.41. The number of alkyl halides is 3. The van der Waals surface area contributed by atoms with Crippen molar-refractivity contribution >= 4 is 11.8 Å². The fourth-order valence-corrected chi connectivity index (χ4v) is 1.02. The van der Waals surface area contributed by atoms with Gasteiger partial charge in [0.25, 0.3) is 0 Å². The van der Waals surface area contributed by atoms with E-state index in [4.69, 9.17) is 0 Å². The predicted octanol–water partition coefficient (Wildman–Crippen LogP) is 1.84. The summed E-state index contributed by atoms with van der Waals surface area (Å²) < 4.78 is 40.5. The highest BCUT2D eigenvalue weighted by Gasteiger charge is 2.29. The van der Waals surface area contributed by atoms with E-state index in [1.807, 2.05) is 0 Å². The van der Waals surface area contributed by atoms with Crippen molar-refractivity contribution in [3.05, 3.63) is 11.9 Å². The molecule has 0 aliphatic rings. The maximum absolute atomic E-state index is 11.7. The second kappa shape index (κ2) is 4.42. The van der Waals surface area contributed by atoms with Crippen LogP contribution in [0.1, 0.15) is 5.69 Å². The average molecular weight is 237 g/mol. The van der Waals surface area contributed by atoms with E-state index in [0.717, 1.165) is 0 Å². The summed E-state index contributed by atoms with van der Waals surface area (Å²) >= 11 is 0. The van der Waals surface area contributed by atoms with Crippen molar-refractivity contribution in [3.8, 4) is 0 Å². The highest BCUT2D eigenvalue weighted by atomic mass is 19.4. The molecule has 1 aromatic heterocycles. The quantitative estimate of drug-likeness (QED) is 0.853. The predicted molar refractivity (Wildman–Crippen MR) is 49.0 cm³/mol. The van der Waals surface area contributed by atoms with Crippen LogP contribution in [0.5, 0.6) is 0 Å². The van der Waals surface area contributed by atoms with E-state index in [2.05, 4.69) is 15.2 Å². The Morgan fingerprint density at radius 3 is 2.69 bits per heavy atom. The van der Waals surface area contributed by atoms with E-state index in [9.17, 15) is 18.0 Å². The first-order valence-electron chi connectivity index (χ1n) is 4.29. The summed E-state index contributed by atoms with van der Waals surface area (Å²) in [6.45, 7) is -0.00247. The third kappa shape index (κ3) is 3.79. The number of hydrogen-bond donors (Lipinski definition) is 1. The first-order chi connectivity index (χ1) is 7.28. The third-order valence-electron chi connectivity index (χ3n) is 1.62. The van der Waals surface area contributed by atoms with Gasteiger partial charge in [-0.1, -0.05) is 0 Å². The summed E-state index contributed by atoms with van der Waals surface area (Å²) in [5.74, 6) is 0. The Morgan fingerprint density at radius 1 is 1.62 bits per heavy atom. The molecule has 1 heterocycles. The molecular weight excluding hydrogens is 227 g/mol. The van der Waals surface area contributed by atoms with Crippen LogP contribution >= 0.6 is 0 Å². The maximum atomic E-state index is 11.7. The maximum Gasteiger partial charge on any atom is 0.422 e. The number of aryl methyl sites for hydroxylation is 2. The van der Waals surface area contributed by atoms with Gasteiger partial charge >= 0.3 is 12.3 Å². The summed E-state index contributed by atoms with van der Waals surface area (Å²) in [5, 5.41) is 6.06. The van der Waals surface area contributed by atoms with Crippen LogP contribution in [0.4, 0.5) is 23.7 Å². The molecule has 0 unspecified atom stereocenters. The fraction of sp³-hybridized carbons (Fsp3) is 0.500. The van der Waals surface area contributed by atoms with Crippen molar-refractivity contribution in [1.82, 2.24) is 9.78 Å². The van der Waals surface area contributed by atoms with Crippen LogP contribution in [0, 0.1) is 6.92 Å². The van der Waals surface area contributed by atoms with Crippen molar-refractivity contribution < 1.29 is 22.7 Å². The van der Waals surface area contributed by atoms with Gasteiger partial charge in [0.15, 0.2) is 6.61 Å². The first kappa shape index (κ1) is 12.3. The zero-order valence-corrected chi connectivity index (χ0v) is 8.63. The monoisotopic (exact) mass is 237 g/mol. The number of hydrogen-bond acceptors (Lipinski definition) is 3. The minimum absolute atomic E-state index is 0.315. The van der Waals surface area contributed by atoms with Crippen LogP contribution < -0.4 is 5.32 Å². The molecule has 0 saturated heterocycles. The largest absolute Gasteiger partial charge is 0.440 e. The number of carbonyl (C=O) groups excluding carboxylic acids is 1. The molecule has 0 spiro atoms. The van der Waals surface area contributed by atoms with Crippen LogP contribution in [0.3, 0.4) is 0 Å². The van der Waals surface area contributed by atoms with Crippen LogP contribution in [0.25, 0.3) is 0 Å². The van der Waals surface area contributed by atoms with Crippen molar-refractivity contribution in [3.63, 3.8) is 0 Å². The minimum Gasteiger partial charge on any atom is -0.440 e. The molecule has 0 aromatic carbocycles. The van der Waals surface area contributed by atoms with Gasteiger partial charge in [0.1, 0.15) is 0 Å². The summed E-state index contributed by atoms with van der Waals surface area (Å²) in [6, 6.07) is 0. The van der Waals surface area contributed by atoms with E-state index < -0.39 is 18.9 Å². The Kier molecular flexibility index (Phi) is 3.41. The highest BCUT2D eigenvalue weighted by molar-refractivity contribution is 5.85. The van der Waals surface area contributed by atoms with Crippen LogP contribution in [-0.2, 0) is 11.8 Å². The molecule has 0 saturated carbocycles. The lowest BCUT2D eigenvalue weighted by atomic mass is 10.4. The van der Waals surface area contributed by atoms with Gasteiger partial charge in [-0.25, -0.2) is 4.79 Å². The van der Waals surface area contributed by atoms with Gasteiger partial charge in [0.2, 0.25) is 0 Å². The van der Waals surface area contributed by atoms with Gasteiger partial charge in [0, 0.05) is 13.2 Å². The third-order valence-corrected chi connectivity index (χ3v) is 1.62. The lowest BCUT2D eigenvalue weighted by Crippen LogP contribution is -2.23. The van der Waals surface area contributed by atoms with E-state index in [1.54, 1.807) is 14.0 Å². The Balaban J connectivity index is 2.49. The fourth-order valence-electron chi connectivity index (χ4n) is 1.02. The topological polar surface area (TPSA) is 56.2 Å². The Morgan fingerprint density at radius 2 is 2.25 bits per heavy atom. The molecule has 0 aliphatic heterocycles. The van der Waals surface area contributed by atoms with E-state index >= 15 is 0 Å². The number of aromatic nitrogens is 2. The number of halogens is 3. The van der Waals surface area contributed by atoms with Crippen LogP contribution in [0.2, 0.25) is 0 Å². The standard InChI is InChI=1S/C8H10F3N3O2/c1-5-6(3-14(2)13-5)12-7(15)16-4-8(9,10)11/h3H,4H2,1-2H3,(H,12,15). The van der Waals surface area contributed by atoms with Crippen LogP contribution in [-0.4, -0.2) is 28.7 Å². The number of nitrogens with zero attached hydrogens (tertiary/aromatic N) is 2. The Hall–Kier alpha value is -1.73. The second-order valence-electron chi connectivity index (χ2n) is 3.12. The molecule has 1 aromatic rings. The molecule has 0 radical (unpaired) electrons. The number of amides is 1. The molecule has 1 N–H and O–H groups in total. The summed E-state index contributed by atoms with van der Waals surface area (Å²) in [7, 11) is 1.62. The van der Waals surface area contributed by atoms with Gasteiger partial charge in [0.05, 0.1) is 11.4 Å². The van der Waals surface area contributed by atoms with Crippen molar-refractivity contribution in [2.75, 3.05) is 11.9 Å². The van der Waals surface area contributed by atoms with Gasteiger partial charge in [-0.2, -0.15) is 18.3 Å². The molecule has 1 amide bonds.